The van der Waals surface area contributed by atoms with Gasteiger partial charge in [-0.1, -0.05) is 17.7 Å². The van der Waals surface area contributed by atoms with Crippen LogP contribution in [0.25, 0.3) is 4.24 Å². The first kappa shape index (κ1) is 18.4. The van der Waals surface area contributed by atoms with E-state index in [2.05, 4.69) is 14.5 Å². The van der Waals surface area contributed by atoms with Crippen LogP contribution in [-0.4, -0.2) is 22.4 Å². The van der Waals surface area contributed by atoms with Crippen LogP contribution in [0.2, 0.25) is 6.32 Å². The molecule has 0 spiro atoms. The topological polar surface area (TPSA) is 69.5 Å². The quantitative estimate of drug-likeness (QED) is 0.694. The summed E-state index contributed by atoms with van der Waals surface area (Å²) in [6.45, 7) is 2.70. The van der Waals surface area contributed by atoms with E-state index in [0.717, 1.165) is 18.5 Å². The number of aryl methyl sites for hydroxylation is 1. The summed E-state index contributed by atoms with van der Waals surface area (Å²) in [7, 11) is -1.74. The first-order valence-electron chi connectivity index (χ1n) is 4.90. The maximum atomic E-state index is 11.0. The summed E-state index contributed by atoms with van der Waals surface area (Å²) in [6, 6.07) is 6.32. The zero-order valence-electron chi connectivity index (χ0n) is 10.3. The Hall–Kier alpha value is 0.405. The van der Waals surface area contributed by atoms with Crippen LogP contribution < -0.4 is 34.9 Å². The molecule has 1 aliphatic heterocycles. The molecule has 1 N–H and O–H groups in total. The summed E-state index contributed by atoms with van der Waals surface area (Å²) in [5.41, 5.74) is 0.989. The second-order valence-electron chi connectivity index (χ2n) is 3.32. The van der Waals surface area contributed by atoms with Crippen molar-refractivity contribution in [2.24, 2.45) is 0 Å². The SMILES string of the molecule is Cc1ccc(S(=O)(=O)[N-]Cl)cc1.[B]1CCON1.[Na+]. The second-order valence-corrected chi connectivity index (χ2v) is 5.29. The standard InChI is InChI=1S/C7H7ClNO2S.C2H5BNO.Na/c1-6-2-4-7(5-3-6)12(10,11)9-8;1-2-5-4-3-1;/h2-5H,1H3;4H,1-2H2;/q-1;;+1. The van der Waals surface area contributed by atoms with Crippen LogP contribution in [0.3, 0.4) is 0 Å². The molecule has 2 rings (SSSR count). The predicted molar refractivity (Wildman–Crippen MR) is 67.2 cm³/mol. The van der Waals surface area contributed by atoms with Gasteiger partial charge in [0, 0.05) is 4.90 Å². The van der Waals surface area contributed by atoms with Crippen molar-refractivity contribution in [2.45, 2.75) is 18.1 Å². The van der Waals surface area contributed by atoms with Crippen molar-refractivity contribution in [1.29, 1.82) is 0 Å². The molecule has 1 heterocycles. The Kier molecular flexibility index (Phi) is 9.54. The van der Waals surface area contributed by atoms with E-state index in [0.29, 0.717) is 0 Å². The van der Waals surface area contributed by atoms with Crippen molar-refractivity contribution < 1.29 is 42.8 Å². The van der Waals surface area contributed by atoms with Gasteiger partial charge < -0.3 is 9.08 Å². The summed E-state index contributed by atoms with van der Waals surface area (Å²) in [6.07, 6.45) is 1.04. The summed E-state index contributed by atoms with van der Waals surface area (Å²) in [5, 5.41) is 2.60. The summed E-state index contributed by atoms with van der Waals surface area (Å²) >= 11 is 4.90. The third-order valence-electron chi connectivity index (χ3n) is 1.94. The molecule has 0 aliphatic carbocycles. The van der Waals surface area contributed by atoms with Gasteiger partial charge in [0.2, 0.25) is 7.41 Å². The van der Waals surface area contributed by atoms with E-state index in [1.54, 1.807) is 12.1 Å². The van der Waals surface area contributed by atoms with Gasteiger partial charge in [0.1, 0.15) is 10.0 Å². The minimum absolute atomic E-state index is 0. The van der Waals surface area contributed by atoms with Gasteiger partial charge in [0.25, 0.3) is 0 Å². The molecule has 1 saturated heterocycles. The minimum Gasteiger partial charge on any atom is -0.458 e. The maximum absolute atomic E-state index is 11.0. The molecule has 0 bridgehead atoms. The molecule has 1 fully saturated rings. The molecule has 0 aromatic heterocycles. The number of benzene rings is 1. The fraction of sp³-hybridized carbons (Fsp3) is 0.333. The van der Waals surface area contributed by atoms with Gasteiger partial charge in [-0.3, -0.25) is 17.2 Å². The van der Waals surface area contributed by atoms with E-state index in [-0.39, 0.29) is 34.5 Å². The number of halogens is 1. The molecular formula is C9H12BClN2NaO3S. The number of hydrogen-bond donors (Lipinski definition) is 1. The average molecular weight is 298 g/mol. The Morgan fingerprint density at radius 1 is 1.39 bits per heavy atom. The molecule has 1 aliphatic rings. The monoisotopic (exact) mass is 297 g/mol. The fourth-order valence-corrected chi connectivity index (χ4v) is 1.84. The fourth-order valence-electron chi connectivity index (χ4n) is 1.04. The van der Waals surface area contributed by atoms with Crippen LogP contribution in [0.4, 0.5) is 0 Å². The van der Waals surface area contributed by atoms with E-state index in [4.69, 9.17) is 11.8 Å². The summed E-state index contributed by atoms with van der Waals surface area (Å²) < 4.78 is 24.8. The van der Waals surface area contributed by atoms with Gasteiger partial charge >= 0.3 is 29.6 Å². The molecule has 0 amide bonds. The maximum Gasteiger partial charge on any atom is 1.00 e. The van der Waals surface area contributed by atoms with E-state index in [1.807, 2.05) is 14.3 Å². The van der Waals surface area contributed by atoms with Gasteiger partial charge in [0.15, 0.2) is 0 Å². The largest absolute Gasteiger partial charge is 1.00 e. The Morgan fingerprint density at radius 3 is 2.33 bits per heavy atom. The predicted octanol–water partition coefficient (Wildman–Crippen LogP) is -1.23. The van der Waals surface area contributed by atoms with Crippen molar-refractivity contribution in [1.82, 2.24) is 5.39 Å². The zero-order valence-corrected chi connectivity index (χ0v) is 13.8. The minimum atomic E-state index is -3.62. The second kappa shape index (κ2) is 9.33. The average Bonchev–Trinajstić information content (AvgIpc) is 2.88. The number of hydrogen-bond acceptors (Lipinski definition) is 4. The number of nitrogens with zero attached hydrogens (tertiary/aromatic N) is 1. The summed E-state index contributed by atoms with van der Waals surface area (Å²) in [5.74, 6) is 0. The zero-order chi connectivity index (χ0) is 12.7. The van der Waals surface area contributed by atoms with Gasteiger partial charge in [-0.05, 0) is 25.4 Å². The molecule has 0 saturated carbocycles. The molecule has 1 radical (unpaired) electrons. The molecule has 93 valence electrons. The molecule has 0 atom stereocenters. The first-order valence-corrected chi connectivity index (χ1v) is 6.68. The molecule has 18 heavy (non-hydrogen) atoms. The van der Waals surface area contributed by atoms with E-state index in [9.17, 15) is 8.42 Å². The Labute approximate surface area is 135 Å². The molecule has 9 heteroatoms. The van der Waals surface area contributed by atoms with Gasteiger partial charge in [-0.2, -0.15) is 0 Å². The molecule has 0 unspecified atom stereocenters. The van der Waals surface area contributed by atoms with Crippen molar-refractivity contribution in [3.8, 4) is 0 Å². The van der Waals surface area contributed by atoms with Gasteiger partial charge in [-0.15, -0.1) is 0 Å². The van der Waals surface area contributed by atoms with Crippen molar-refractivity contribution in [2.75, 3.05) is 6.61 Å². The summed E-state index contributed by atoms with van der Waals surface area (Å²) in [4.78, 5) is 4.75. The Bertz CT molecular complexity index is 432. The van der Waals surface area contributed by atoms with Crippen molar-refractivity contribution in [3.05, 3.63) is 34.1 Å². The third-order valence-corrected chi connectivity index (χ3v) is 3.54. The van der Waals surface area contributed by atoms with Crippen molar-refractivity contribution >= 4 is 29.2 Å². The van der Waals surface area contributed by atoms with Crippen LogP contribution in [0.5, 0.6) is 0 Å². The first-order chi connectivity index (χ1) is 8.06. The Balaban J connectivity index is 0.000000405. The van der Waals surface area contributed by atoms with Crippen LogP contribution in [0.1, 0.15) is 5.56 Å². The number of nitrogens with one attached hydrogen (secondary N) is 1. The van der Waals surface area contributed by atoms with Crippen LogP contribution in [-0.2, 0) is 14.9 Å². The number of rotatable bonds is 2. The van der Waals surface area contributed by atoms with Crippen LogP contribution >= 0.6 is 11.8 Å². The smallest absolute Gasteiger partial charge is 0.458 e. The van der Waals surface area contributed by atoms with Crippen molar-refractivity contribution in [3.63, 3.8) is 0 Å². The van der Waals surface area contributed by atoms with E-state index < -0.39 is 10.0 Å². The van der Waals surface area contributed by atoms with Crippen LogP contribution in [0.15, 0.2) is 29.2 Å². The molecular weight excluding hydrogens is 285 g/mol. The molecule has 1 aromatic carbocycles. The normalized spacial score (nSPS) is 13.9. The third kappa shape index (κ3) is 6.54. The molecule has 1 aromatic rings. The van der Waals surface area contributed by atoms with E-state index >= 15 is 0 Å². The number of sulfonamides is 1. The van der Waals surface area contributed by atoms with Crippen LogP contribution in [0, 0.1) is 6.92 Å². The van der Waals surface area contributed by atoms with E-state index in [1.165, 1.54) is 12.1 Å². The van der Waals surface area contributed by atoms with Gasteiger partial charge in [0.05, 0.1) is 6.61 Å². The Morgan fingerprint density at radius 2 is 2.00 bits per heavy atom. The molecule has 5 nitrogen and oxygen atoms in total. The van der Waals surface area contributed by atoms with Gasteiger partial charge in [-0.25, -0.2) is 8.42 Å².